The average Bonchev–Trinajstić information content (AvgIpc) is 3.20. The Labute approximate surface area is 163 Å². The van der Waals surface area contributed by atoms with Crippen LogP contribution in [0, 0.1) is 0 Å². The standard InChI is InChI=1S/C22H22N4O2/c27-21-8-10-23-12-15-28-14-9-18-16-19(6-7-20(18)25-21)26-13-11-24-22(26)17-4-2-1-3-5-17/h1-8,10-11,13,16,23H,9,12,14-15H2,(H,25,27)/b10-8+. The van der Waals surface area contributed by atoms with Gasteiger partial charge in [-0.3, -0.25) is 9.36 Å². The van der Waals surface area contributed by atoms with E-state index in [2.05, 4.69) is 26.3 Å². The van der Waals surface area contributed by atoms with E-state index in [1.54, 1.807) is 12.4 Å². The Bertz CT molecular complexity index is 979. The molecule has 0 saturated heterocycles. The van der Waals surface area contributed by atoms with Crippen LogP contribution in [0.5, 0.6) is 0 Å². The van der Waals surface area contributed by atoms with Crippen molar-refractivity contribution < 1.29 is 9.53 Å². The van der Waals surface area contributed by atoms with Crippen molar-refractivity contribution in [2.75, 3.05) is 25.1 Å². The summed E-state index contributed by atoms with van der Waals surface area (Å²) in [5.74, 6) is 0.721. The summed E-state index contributed by atoms with van der Waals surface area (Å²) >= 11 is 0. The van der Waals surface area contributed by atoms with Crippen LogP contribution in [0.1, 0.15) is 5.56 Å². The van der Waals surface area contributed by atoms with Crippen molar-refractivity contribution in [3.8, 4) is 17.1 Å². The smallest absolute Gasteiger partial charge is 0.249 e. The van der Waals surface area contributed by atoms with Crippen molar-refractivity contribution in [2.24, 2.45) is 0 Å². The normalized spacial score (nSPS) is 16.1. The number of carbonyl (C=O) groups is 1. The first-order valence-corrected chi connectivity index (χ1v) is 9.32. The summed E-state index contributed by atoms with van der Waals surface area (Å²) < 4.78 is 7.74. The van der Waals surface area contributed by atoms with Gasteiger partial charge in [-0.2, -0.15) is 0 Å². The van der Waals surface area contributed by atoms with Gasteiger partial charge in [0.2, 0.25) is 5.91 Å². The molecule has 0 unspecified atom stereocenters. The highest BCUT2D eigenvalue weighted by molar-refractivity contribution is 5.99. The molecule has 1 aliphatic rings. The van der Waals surface area contributed by atoms with Crippen molar-refractivity contribution in [1.82, 2.24) is 14.9 Å². The molecule has 2 heterocycles. The summed E-state index contributed by atoms with van der Waals surface area (Å²) in [4.78, 5) is 16.7. The van der Waals surface area contributed by atoms with Crippen LogP contribution in [-0.2, 0) is 16.0 Å². The van der Waals surface area contributed by atoms with Gasteiger partial charge in [-0.1, -0.05) is 30.3 Å². The number of carbonyl (C=O) groups excluding carboxylic acids is 1. The van der Waals surface area contributed by atoms with Crippen LogP contribution in [0.25, 0.3) is 17.1 Å². The molecule has 2 aromatic carbocycles. The van der Waals surface area contributed by atoms with Gasteiger partial charge >= 0.3 is 0 Å². The number of amides is 1. The number of anilines is 1. The van der Waals surface area contributed by atoms with E-state index in [9.17, 15) is 4.79 Å². The monoisotopic (exact) mass is 374 g/mol. The van der Waals surface area contributed by atoms with Crippen LogP contribution in [0.3, 0.4) is 0 Å². The van der Waals surface area contributed by atoms with Gasteiger partial charge in [0, 0.05) is 48.2 Å². The van der Waals surface area contributed by atoms with E-state index in [1.807, 2.05) is 48.7 Å². The third kappa shape index (κ3) is 4.13. The maximum absolute atomic E-state index is 12.1. The summed E-state index contributed by atoms with van der Waals surface area (Å²) in [6.45, 7) is 1.86. The van der Waals surface area contributed by atoms with Gasteiger partial charge in [-0.05, 0) is 30.2 Å². The van der Waals surface area contributed by atoms with Crippen LogP contribution in [0.2, 0.25) is 0 Å². The lowest BCUT2D eigenvalue weighted by Gasteiger charge is -2.15. The maximum Gasteiger partial charge on any atom is 0.249 e. The van der Waals surface area contributed by atoms with Gasteiger partial charge in [0.25, 0.3) is 0 Å². The number of nitrogens with one attached hydrogen (secondary N) is 2. The molecule has 0 fully saturated rings. The van der Waals surface area contributed by atoms with Gasteiger partial charge in [-0.25, -0.2) is 4.98 Å². The van der Waals surface area contributed by atoms with E-state index >= 15 is 0 Å². The SMILES string of the molecule is O=C1/C=C/NCCOCCc2cc(-n3ccnc3-c3ccccc3)ccc2N1. The Balaban J connectivity index is 1.69. The number of ether oxygens (including phenoxy) is 1. The van der Waals surface area contributed by atoms with E-state index in [4.69, 9.17) is 4.74 Å². The topological polar surface area (TPSA) is 68.2 Å². The number of hydrogen-bond donors (Lipinski definition) is 2. The van der Waals surface area contributed by atoms with Crippen LogP contribution >= 0.6 is 0 Å². The highest BCUT2D eigenvalue weighted by Gasteiger charge is 2.12. The molecule has 1 amide bonds. The second-order valence-electron chi connectivity index (χ2n) is 6.47. The first kappa shape index (κ1) is 18.0. The van der Waals surface area contributed by atoms with Gasteiger partial charge in [0.1, 0.15) is 5.82 Å². The molecular formula is C22H22N4O2. The fourth-order valence-electron chi connectivity index (χ4n) is 3.18. The third-order valence-corrected chi connectivity index (χ3v) is 4.56. The van der Waals surface area contributed by atoms with Crippen LogP contribution in [0.4, 0.5) is 5.69 Å². The number of aromatic nitrogens is 2. The Kier molecular flexibility index (Phi) is 5.49. The van der Waals surface area contributed by atoms with Crippen molar-refractivity contribution in [3.63, 3.8) is 0 Å². The molecule has 142 valence electrons. The first-order valence-electron chi connectivity index (χ1n) is 9.32. The molecule has 1 aromatic heterocycles. The van der Waals surface area contributed by atoms with Crippen LogP contribution < -0.4 is 10.6 Å². The predicted octanol–water partition coefficient (Wildman–Crippen LogP) is 3.15. The summed E-state index contributed by atoms with van der Waals surface area (Å²) in [7, 11) is 0. The second kappa shape index (κ2) is 8.54. The predicted molar refractivity (Wildman–Crippen MR) is 109 cm³/mol. The molecule has 1 aliphatic heterocycles. The van der Waals surface area contributed by atoms with Crippen LogP contribution in [0.15, 0.2) is 73.2 Å². The summed E-state index contributed by atoms with van der Waals surface area (Å²) in [6, 6.07) is 16.1. The van der Waals surface area contributed by atoms with Crippen molar-refractivity contribution >= 4 is 11.6 Å². The lowest BCUT2D eigenvalue weighted by atomic mass is 10.1. The van der Waals surface area contributed by atoms with Crippen molar-refractivity contribution in [3.05, 3.63) is 78.8 Å². The number of imidazole rings is 1. The zero-order chi connectivity index (χ0) is 19.2. The Morgan fingerprint density at radius 3 is 2.86 bits per heavy atom. The lowest BCUT2D eigenvalue weighted by Crippen LogP contribution is -2.18. The fraction of sp³-hybridized carbons (Fsp3) is 0.182. The minimum atomic E-state index is -0.157. The highest BCUT2D eigenvalue weighted by Crippen LogP contribution is 2.25. The van der Waals surface area contributed by atoms with E-state index in [0.717, 1.165) is 28.3 Å². The number of rotatable bonds is 2. The molecule has 6 heteroatoms. The Morgan fingerprint density at radius 1 is 1.07 bits per heavy atom. The quantitative estimate of drug-likeness (QED) is 0.723. The van der Waals surface area contributed by atoms with Gasteiger partial charge in [0.05, 0.1) is 13.2 Å². The molecule has 4 rings (SSSR count). The fourth-order valence-corrected chi connectivity index (χ4v) is 3.18. The van der Waals surface area contributed by atoms with E-state index in [0.29, 0.717) is 26.2 Å². The van der Waals surface area contributed by atoms with Crippen molar-refractivity contribution in [1.29, 1.82) is 0 Å². The van der Waals surface area contributed by atoms with E-state index < -0.39 is 0 Å². The molecule has 28 heavy (non-hydrogen) atoms. The number of benzene rings is 2. The first-order chi connectivity index (χ1) is 13.8. The summed E-state index contributed by atoms with van der Waals surface area (Å²) in [6.07, 6.45) is 7.59. The zero-order valence-corrected chi connectivity index (χ0v) is 15.5. The largest absolute Gasteiger partial charge is 0.388 e. The highest BCUT2D eigenvalue weighted by atomic mass is 16.5. The minimum absolute atomic E-state index is 0.157. The molecular weight excluding hydrogens is 352 g/mol. The van der Waals surface area contributed by atoms with Crippen LogP contribution in [-0.4, -0.2) is 35.2 Å². The Morgan fingerprint density at radius 2 is 1.96 bits per heavy atom. The molecule has 0 aliphatic carbocycles. The summed E-state index contributed by atoms with van der Waals surface area (Å²) in [5.41, 5.74) is 3.87. The zero-order valence-electron chi connectivity index (χ0n) is 15.5. The molecule has 0 spiro atoms. The maximum atomic E-state index is 12.1. The second-order valence-corrected chi connectivity index (χ2v) is 6.47. The van der Waals surface area contributed by atoms with Crippen molar-refractivity contribution in [2.45, 2.75) is 6.42 Å². The lowest BCUT2D eigenvalue weighted by molar-refractivity contribution is -0.111. The average molecular weight is 374 g/mol. The molecule has 6 nitrogen and oxygen atoms in total. The number of fused-ring (bicyclic) bond motifs is 1. The molecule has 0 atom stereocenters. The van der Waals surface area contributed by atoms with E-state index in [1.165, 1.54) is 6.08 Å². The number of nitrogens with zero attached hydrogens (tertiary/aromatic N) is 2. The summed E-state index contributed by atoms with van der Waals surface area (Å²) in [5, 5.41) is 5.98. The Hall–Kier alpha value is -3.38. The minimum Gasteiger partial charge on any atom is -0.388 e. The van der Waals surface area contributed by atoms with Gasteiger partial charge in [-0.15, -0.1) is 0 Å². The number of hydrogen-bond acceptors (Lipinski definition) is 4. The van der Waals surface area contributed by atoms with Gasteiger partial charge in [0.15, 0.2) is 0 Å². The molecule has 0 bridgehead atoms. The molecule has 2 N–H and O–H groups in total. The molecule has 0 radical (unpaired) electrons. The molecule has 3 aromatic rings. The molecule has 0 saturated carbocycles. The third-order valence-electron chi connectivity index (χ3n) is 4.56. The van der Waals surface area contributed by atoms with E-state index in [-0.39, 0.29) is 5.91 Å². The van der Waals surface area contributed by atoms with Gasteiger partial charge < -0.3 is 15.4 Å².